The molecular weight excluding hydrogens is 254 g/mol. The Hall–Kier alpha value is -0.810. The van der Waals surface area contributed by atoms with Gasteiger partial charge in [-0.15, -0.1) is 12.4 Å². The number of hydrogen-bond acceptors (Lipinski definition) is 3. The predicted molar refractivity (Wildman–Crippen MR) is 75.5 cm³/mol. The van der Waals surface area contributed by atoms with Gasteiger partial charge in [0.2, 0.25) is 11.8 Å². The number of halogens is 1. The van der Waals surface area contributed by atoms with Crippen LogP contribution in [0.4, 0.5) is 0 Å². The lowest BCUT2D eigenvalue weighted by Gasteiger charge is -2.22. The summed E-state index contributed by atoms with van der Waals surface area (Å²) in [4.78, 5) is 23.4. The van der Waals surface area contributed by atoms with Crippen LogP contribution in [0.2, 0.25) is 0 Å². The van der Waals surface area contributed by atoms with Crippen LogP contribution in [0.15, 0.2) is 0 Å². The van der Waals surface area contributed by atoms with Crippen LogP contribution in [-0.2, 0) is 9.59 Å². The van der Waals surface area contributed by atoms with E-state index in [2.05, 4.69) is 10.6 Å². The minimum atomic E-state index is -0.479. The van der Waals surface area contributed by atoms with E-state index < -0.39 is 6.04 Å². The topological polar surface area (TPSA) is 84.2 Å². The van der Waals surface area contributed by atoms with Crippen molar-refractivity contribution in [1.82, 2.24) is 10.6 Å². The Balaban J connectivity index is 0. The van der Waals surface area contributed by atoms with Gasteiger partial charge in [0.15, 0.2) is 0 Å². The third kappa shape index (κ3) is 8.31. The van der Waals surface area contributed by atoms with E-state index in [9.17, 15) is 9.59 Å². The first-order valence-corrected chi connectivity index (χ1v) is 6.15. The summed E-state index contributed by atoms with van der Waals surface area (Å²) >= 11 is 0. The Labute approximate surface area is 116 Å². The van der Waals surface area contributed by atoms with E-state index in [1.807, 2.05) is 27.7 Å². The Kier molecular flexibility index (Phi) is 11.0. The number of rotatable bonds is 7. The Morgan fingerprint density at radius 1 is 1.17 bits per heavy atom. The highest BCUT2D eigenvalue weighted by molar-refractivity contribution is 5.87. The van der Waals surface area contributed by atoms with Gasteiger partial charge in [0.25, 0.3) is 0 Å². The molecule has 2 amide bonds. The van der Waals surface area contributed by atoms with Crippen LogP contribution in [0.25, 0.3) is 0 Å². The number of nitrogens with two attached hydrogens (primary N) is 1. The molecule has 0 fully saturated rings. The maximum Gasteiger partial charge on any atom is 0.242 e. The van der Waals surface area contributed by atoms with Gasteiger partial charge in [0.05, 0.1) is 0 Å². The molecule has 0 aliphatic heterocycles. The average Bonchev–Trinajstić information content (AvgIpc) is 2.21. The van der Waals surface area contributed by atoms with Crippen LogP contribution in [0.3, 0.4) is 0 Å². The lowest BCUT2D eigenvalue weighted by molar-refractivity contribution is -0.130. The fraction of sp³-hybridized carbons (Fsp3) is 0.833. The van der Waals surface area contributed by atoms with Gasteiger partial charge in [-0.3, -0.25) is 9.59 Å². The van der Waals surface area contributed by atoms with Gasteiger partial charge in [0.1, 0.15) is 6.04 Å². The van der Waals surface area contributed by atoms with Crippen molar-refractivity contribution in [2.45, 2.75) is 40.2 Å². The largest absolute Gasteiger partial charge is 0.353 e. The first-order chi connectivity index (χ1) is 7.88. The third-order valence-corrected chi connectivity index (χ3v) is 2.30. The standard InChI is InChI=1S/C12H25N3O2.ClH/c1-8(2)7-10(16)15-11(9(3)4)12(17)14-6-5-13;/h8-9,11H,5-7,13H2,1-4H3,(H,14,17)(H,15,16);1H. The molecule has 0 radical (unpaired) electrons. The van der Waals surface area contributed by atoms with Gasteiger partial charge in [0, 0.05) is 19.5 Å². The summed E-state index contributed by atoms with van der Waals surface area (Å²) in [6.45, 7) is 8.58. The Morgan fingerprint density at radius 2 is 1.72 bits per heavy atom. The molecule has 0 aliphatic carbocycles. The second kappa shape index (κ2) is 10.1. The summed E-state index contributed by atoms with van der Waals surface area (Å²) in [7, 11) is 0. The highest BCUT2D eigenvalue weighted by Crippen LogP contribution is 2.04. The predicted octanol–water partition coefficient (Wildman–Crippen LogP) is 0.670. The maximum atomic E-state index is 11.8. The summed E-state index contributed by atoms with van der Waals surface area (Å²) in [5.74, 6) is 0.1000. The number of carbonyl (C=O) groups excluding carboxylic acids is 2. The molecule has 4 N–H and O–H groups in total. The van der Waals surface area contributed by atoms with Gasteiger partial charge in [-0.2, -0.15) is 0 Å². The highest BCUT2D eigenvalue weighted by Gasteiger charge is 2.23. The molecule has 0 aromatic rings. The van der Waals surface area contributed by atoms with E-state index in [1.54, 1.807) is 0 Å². The molecule has 0 aromatic carbocycles. The van der Waals surface area contributed by atoms with E-state index >= 15 is 0 Å². The van der Waals surface area contributed by atoms with Crippen LogP contribution in [-0.4, -0.2) is 30.9 Å². The molecule has 108 valence electrons. The van der Waals surface area contributed by atoms with Crippen molar-refractivity contribution >= 4 is 24.2 Å². The maximum absolute atomic E-state index is 11.8. The Morgan fingerprint density at radius 3 is 2.11 bits per heavy atom. The second-order valence-electron chi connectivity index (χ2n) is 4.97. The summed E-state index contributed by atoms with van der Waals surface area (Å²) in [5, 5.41) is 5.46. The van der Waals surface area contributed by atoms with E-state index in [4.69, 9.17) is 5.73 Å². The third-order valence-electron chi connectivity index (χ3n) is 2.30. The van der Waals surface area contributed by atoms with Crippen molar-refractivity contribution in [2.24, 2.45) is 17.6 Å². The molecule has 0 saturated heterocycles. The molecule has 0 spiro atoms. The minimum absolute atomic E-state index is 0. The van der Waals surface area contributed by atoms with E-state index in [-0.39, 0.29) is 36.1 Å². The van der Waals surface area contributed by atoms with Gasteiger partial charge in [-0.05, 0) is 11.8 Å². The summed E-state index contributed by atoms with van der Waals surface area (Å²) in [6, 6.07) is -0.479. The lowest BCUT2D eigenvalue weighted by atomic mass is 10.0. The molecule has 0 aliphatic rings. The molecule has 6 heteroatoms. The van der Waals surface area contributed by atoms with Crippen LogP contribution in [0.5, 0.6) is 0 Å². The SMILES string of the molecule is CC(C)CC(=O)NC(C(=O)NCCN)C(C)C.Cl. The van der Waals surface area contributed by atoms with Gasteiger partial charge < -0.3 is 16.4 Å². The lowest BCUT2D eigenvalue weighted by Crippen LogP contribution is -2.50. The normalized spacial score (nSPS) is 11.9. The van der Waals surface area contributed by atoms with E-state index in [1.165, 1.54) is 0 Å². The van der Waals surface area contributed by atoms with Crippen LogP contribution in [0, 0.1) is 11.8 Å². The van der Waals surface area contributed by atoms with Gasteiger partial charge in [-0.25, -0.2) is 0 Å². The van der Waals surface area contributed by atoms with Crippen LogP contribution < -0.4 is 16.4 Å². The quantitative estimate of drug-likeness (QED) is 0.640. The van der Waals surface area contributed by atoms with Crippen LogP contribution >= 0.6 is 12.4 Å². The minimum Gasteiger partial charge on any atom is -0.353 e. The molecule has 1 atom stereocenters. The average molecular weight is 280 g/mol. The zero-order valence-corrected chi connectivity index (χ0v) is 12.5. The molecule has 18 heavy (non-hydrogen) atoms. The summed E-state index contributed by atoms with van der Waals surface area (Å²) in [6.07, 6.45) is 0.438. The first-order valence-electron chi connectivity index (χ1n) is 6.15. The number of amides is 2. The van der Waals surface area contributed by atoms with E-state index in [0.29, 0.717) is 19.5 Å². The monoisotopic (exact) mass is 279 g/mol. The van der Waals surface area contributed by atoms with Gasteiger partial charge >= 0.3 is 0 Å². The van der Waals surface area contributed by atoms with Crippen molar-refractivity contribution in [3.8, 4) is 0 Å². The van der Waals surface area contributed by atoms with Crippen molar-refractivity contribution in [3.05, 3.63) is 0 Å². The molecular formula is C12H26ClN3O2. The highest BCUT2D eigenvalue weighted by atomic mass is 35.5. The fourth-order valence-electron chi connectivity index (χ4n) is 1.44. The number of hydrogen-bond donors (Lipinski definition) is 3. The summed E-state index contributed by atoms with van der Waals surface area (Å²) in [5.41, 5.74) is 5.32. The number of carbonyl (C=O) groups is 2. The van der Waals surface area contributed by atoms with Crippen LogP contribution in [0.1, 0.15) is 34.1 Å². The molecule has 0 bridgehead atoms. The molecule has 5 nitrogen and oxygen atoms in total. The Bertz CT molecular complexity index is 258. The first kappa shape index (κ1) is 19.5. The molecule has 0 heterocycles. The van der Waals surface area contributed by atoms with Crippen molar-refractivity contribution in [1.29, 1.82) is 0 Å². The summed E-state index contributed by atoms with van der Waals surface area (Å²) < 4.78 is 0. The van der Waals surface area contributed by atoms with Crippen molar-refractivity contribution < 1.29 is 9.59 Å². The zero-order chi connectivity index (χ0) is 13.4. The molecule has 0 rings (SSSR count). The zero-order valence-electron chi connectivity index (χ0n) is 11.7. The molecule has 0 aromatic heterocycles. The molecule has 0 saturated carbocycles. The van der Waals surface area contributed by atoms with Crippen molar-refractivity contribution in [3.63, 3.8) is 0 Å². The van der Waals surface area contributed by atoms with Gasteiger partial charge in [-0.1, -0.05) is 27.7 Å². The smallest absolute Gasteiger partial charge is 0.242 e. The second-order valence-corrected chi connectivity index (χ2v) is 4.97. The molecule has 1 unspecified atom stereocenters. The number of nitrogens with one attached hydrogen (secondary N) is 2. The fourth-order valence-corrected chi connectivity index (χ4v) is 1.44. The van der Waals surface area contributed by atoms with Crippen molar-refractivity contribution in [2.75, 3.05) is 13.1 Å². The van der Waals surface area contributed by atoms with E-state index in [0.717, 1.165) is 0 Å².